The van der Waals surface area contributed by atoms with E-state index < -0.39 is 0 Å². The minimum Gasteiger partial charge on any atom is -0.183 e. The molecule has 3 aromatic carbocycles. The van der Waals surface area contributed by atoms with E-state index in [4.69, 9.17) is 0 Å². The van der Waals surface area contributed by atoms with E-state index in [1.165, 1.54) is 21.5 Å². The third-order valence-electron chi connectivity index (χ3n) is 2.53. The molecule has 0 heteroatoms. The van der Waals surface area contributed by atoms with Gasteiger partial charge in [-0.25, -0.2) is 0 Å². The second-order valence-electron chi connectivity index (χ2n) is 3.36. The fourth-order valence-electron chi connectivity index (χ4n) is 1.83. The smallest absolute Gasteiger partial charge is 0.0904 e. The van der Waals surface area contributed by atoms with Crippen molar-refractivity contribution < 1.29 is 0 Å². The molecule has 0 N–H and O–H groups in total. The van der Waals surface area contributed by atoms with E-state index in [-0.39, 0.29) is 0 Å². The molecule has 66 valence electrons. The highest BCUT2D eigenvalue weighted by atomic mass is 14.0. The maximum Gasteiger partial charge on any atom is -0.0904 e. The van der Waals surface area contributed by atoms with Crippen LogP contribution in [0, 0.1) is 12.1 Å². The molecular weight excluding hydrogens is 168 g/mol. The molecule has 3 aromatic rings. The van der Waals surface area contributed by atoms with Crippen LogP contribution in [0.15, 0.2) is 48.5 Å². The van der Waals surface area contributed by atoms with Gasteiger partial charge < -0.3 is 0 Å². The Morgan fingerprint density at radius 2 is 1.43 bits per heavy atom. The minimum atomic E-state index is 1.24. The number of hydrogen-bond acceptors (Lipinski definition) is 0. The maximum atomic E-state index is 3.12. The molecule has 0 fully saturated rings. The van der Waals surface area contributed by atoms with E-state index in [0.29, 0.717) is 0 Å². The zero-order valence-corrected chi connectivity index (χ0v) is 7.62. The van der Waals surface area contributed by atoms with Crippen molar-refractivity contribution in [2.24, 2.45) is 0 Å². The van der Waals surface area contributed by atoms with Gasteiger partial charge in [0, 0.05) is 0 Å². The van der Waals surface area contributed by atoms with Gasteiger partial charge in [0.05, 0.1) is 0 Å². The average Bonchev–Trinajstić information content (AvgIpc) is 2.29. The molecule has 0 radical (unpaired) electrons. The highest BCUT2D eigenvalue weighted by molar-refractivity contribution is 6.07. The van der Waals surface area contributed by atoms with Crippen LogP contribution in [0.5, 0.6) is 0 Å². The summed E-state index contributed by atoms with van der Waals surface area (Å²) in [5.41, 5.74) is 0. The molecule has 0 aliphatic heterocycles. The Balaban J connectivity index is 2.61. The number of fused-ring (bicyclic) bond motifs is 3. The number of hydrogen-bond donors (Lipinski definition) is 0. The van der Waals surface area contributed by atoms with Crippen molar-refractivity contribution in [3.63, 3.8) is 0 Å². The largest absolute Gasteiger partial charge is 0.183 e. The Bertz CT molecular complexity index is 539. The van der Waals surface area contributed by atoms with Crippen LogP contribution in [-0.4, -0.2) is 0 Å². The molecule has 0 aromatic heterocycles. The summed E-state index contributed by atoms with van der Waals surface area (Å²) < 4.78 is 0. The van der Waals surface area contributed by atoms with Crippen molar-refractivity contribution >= 4 is 21.5 Å². The SMILES string of the molecule is [c-]1ccc2c(c1)ccc1cc[c-]cc12. The summed E-state index contributed by atoms with van der Waals surface area (Å²) in [6.45, 7) is 0. The van der Waals surface area contributed by atoms with Gasteiger partial charge in [-0.2, -0.15) is 53.9 Å². The van der Waals surface area contributed by atoms with Gasteiger partial charge in [0.25, 0.3) is 0 Å². The number of rotatable bonds is 0. The van der Waals surface area contributed by atoms with Crippen LogP contribution in [0.3, 0.4) is 0 Å². The molecule has 3 rings (SSSR count). The Kier molecular flexibility index (Phi) is 1.54. The Hall–Kier alpha value is -1.82. The highest BCUT2D eigenvalue weighted by Crippen LogP contribution is 2.24. The van der Waals surface area contributed by atoms with Crippen LogP contribution in [-0.2, 0) is 0 Å². The van der Waals surface area contributed by atoms with Crippen LogP contribution in [0.1, 0.15) is 0 Å². The lowest BCUT2D eigenvalue weighted by atomic mass is 10.0. The molecule has 14 heavy (non-hydrogen) atoms. The predicted octanol–water partition coefficient (Wildman–Crippen LogP) is 3.59. The lowest BCUT2D eigenvalue weighted by Gasteiger charge is -2.14. The average molecular weight is 176 g/mol. The van der Waals surface area contributed by atoms with Crippen molar-refractivity contribution in [2.75, 3.05) is 0 Å². The van der Waals surface area contributed by atoms with Crippen LogP contribution >= 0.6 is 0 Å². The summed E-state index contributed by atoms with van der Waals surface area (Å²) in [6, 6.07) is 22.6. The third kappa shape index (κ3) is 1.01. The first kappa shape index (κ1) is 7.57. The van der Waals surface area contributed by atoms with Crippen LogP contribution in [0.25, 0.3) is 21.5 Å². The molecule has 0 saturated carbocycles. The maximum absolute atomic E-state index is 3.12. The standard InChI is InChI=1S/C14H8/c1-3-7-13-11(5-1)9-10-12-6-2-4-8-14(12)13/h1,4-10H/q-2. The van der Waals surface area contributed by atoms with Crippen molar-refractivity contribution in [1.29, 1.82) is 0 Å². The molecular formula is C14H8-2. The van der Waals surface area contributed by atoms with Crippen LogP contribution < -0.4 is 0 Å². The fraction of sp³-hybridized carbons (Fsp3) is 0. The summed E-state index contributed by atoms with van der Waals surface area (Å²) in [6.07, 6.45) is 0. The second kappa shape index (κ2) is 2.85. The zero-order valence-electron chi connectivity index (χ0n) is 7.62. The minimum absolute atomic E-state index is 1.24. The fourth-order valence-corrected chi connectivity index (χ4v) is 1.83. The van der Waals surface area contributed by atoms with Gasteiger partial charge in [-0.15, -0.1) is 22.2 Å². The summed E-state index contributed by atoms with van der Waals surface area (Å²) in [4.78, 5) is 0. The van der Waals surface area contributed by atoms with Crippen molar-refractivity contribution in [1.82, 2.24) is 0 Å². The van der Waals surface area contributed by atoms with E-state index in [1.807, 2.05) is 24.3 Å². The Morgan fingerprint density at radius 1 is 0.643 bits per heavy atom. The van der Waals surface area contributed by atoms with Gasteiger partial charge in [0.1, 0.15) is 0 Å². The predicted molar refractivity (Wildman–Crippen MR) is 59.1 cm³/mol. The van der Waals surface area contributed by atoms with E-state index in [2.05, 4.69) is 36.4 Å². The molecule has 0 nitrogen and oxygen atoms in total. The molecule has 0 atom stereocenters. The van der Waals surface area contributed by atoms with Crippen LogP contribution in [0.2, 0.25) is 0 Å². The molecule has 0 bridgehead atoms. The van der Waals surface area contributed by atoms with Gasteiger partial charge in [-0.1, -0.05) is 6.07 Å². The normalized spacial score (nSPS) is 10.9. The van der Waals surface area contributed by atoms with Crippen LogP contribution in [0.4, 0.5) is 0 Å². The molecule has 0 saturated heterocycles. The highest BCUT2D eigenvalue weighted by Gasteiger charge is 1.85. The van der Waals surface area contributed by atoms with Gasteiger partial charge in [0.15, 0.2) is 0 Å². The Labute approximate surface area is 82.8 Å². The van der Waals surface area contributed by atoms with Gasteiger partial charge in [-0.05, 0) is 0 Å². The van der Waals surface area contributed by atoms with Gasteiger partial charge >= 0.3 is 0 Å². The lowest BCUT2D eigenvalue weighted by Crippen LogP contribution is -1.76. The summed E-state index contributed by atoms with van der Waals surface area (Å²) in [5, 5.41) is 5.04. The molecule has 0 heterocycles. The van der Waals surface area contributed by atoms with Gasteiger partial charge in [-0.3, -0.25) is 0 Å². The van der Waals surface area contributed by atoms with Crippen molar-refractivity contribution in [2.45, 2.75) is 0 Å². The van der Waals surface area contributed by atoms with Gasteiger partial charge in [0.2, 0.25) is 0 Å². The quantitative estimate of drug-likeness (QED) is 0.362. The first-order valence-electron chi connectivity index (χ1n) is 4.64. The summed E-state index contributed by atoms with van der Waals surface area (Å²) >= 11 is 0. The summed E-state index contributed by atoms with van der Waals surface area (Å²) in [5.74, 6) is 0. The molecule has 0 amide bonds. The first-order chi connectivity index (χ1) is 6.95. The van der Waals surface area contributed by atoms with E-state index >= 15 is 0 Å². The zero-order chi connectivity index (χ0) is 9.38. The second-order valence-corrected chi connectivity index (χ2v) is 3.36. The topological polar surface area (TPSA) is 0 Å². The molecule has 0 unspecified atom stereocenters. The molecule has 0 aliphatic carbocycles. The number of benzene rings is 3. The van der Waals surface area contributed by atoms with E-state index in [0.717, 1.165) is 0 Å². The monoisotopic (exact) mass is 176 g/mol. The lowest BCUT2D eigenvalue weighted by molar-refractivity contribution is 1.75. The summed E-state index contributed by atoms with van der Waals surface area (Å²) in [7, 11) is 0. The van der Waals surface area contributed by atoms with E-state index in [1.54, 1.807) is 0 Å². The molecule has 0 spiro atoms. The van der Waals surface area contributed by atoms with E-state index in [9.17, 15) is 0 Å². The Morgan fingerprint density at radius 3 is 2.43 bits per heavy atom. The third-order valence-corrected chi connectivity index (χ3v) is 2.53. The molecule has 0 aliphatic rings. The first-order valence-corrected chi connectivity index (χ1v) is 4.64. The van der Waals surface area contributed by atoms with Crippen molar-refractivity contribution in [3.8, 4) is 0 Å². The van der Waals surface area contributed by atoms with Crippen molar-refractivity contribution in [3.05, 3.63) is 60.7 Å².